The zero-order valence-electron chi connectivity index (χ0n) is 10.2. The Hall–Kier alpha value is -2.03. The van der Waals surface area contributed by atoms with Crippen LogP contribution in [0, 0.1) is 0 Å². The third kappa shape index (κ3) is 2.04. The number of rotatable bonds is 2. The number of aliphatic imine (C=N–C) groups is 1. The highest BCUT2D eigenvalue weighted by atomic mass is 16.5. The first-order chi connectivity index (χ1) is 8.84. The minimum absolute atomic E-state index is 0.121. The van der Waals surface area contributed by atoms with E-state index >= 15 is 0 Å². The highest BCUT2D eigenvalue weighted by Crippen LogP contribution is 2.23. The van der Waals surface area contributed by atoms with Crippen LogP contribution in [-0.4, -0.2) is 18.5 Å². The van der Waals surface area contributed by atoms with Crippen molar-refractivity contribution in [2.45, 2.75) is 18.9 Å². The fourth-order valence-electron chi connectivity index (χ4n) is 2.26. The first-order valence-electron chi connectivity index (χ1n) is 6.26. The van der Waals surface area contributed by atoms with Crippen LogP contribution in [0.25, 0.3) is 0 Å². The quantitative estimate of drug-likeness (QED) is 0.808. The second-order valence-corrected chi connectivity index (χ2v) is 4.53. The molecule has 1 aliphatic carbocycles. The summed E-state index contributed by atoms with van der Waals surface area (Å²) in [5.74, 6) is 0.665. The number of nitrogens with zero attached hydrogens (tertiary/aromatic N) is 1. The largest absolute Gasteiger partial charge is 0.475 e. The first-order valence-corrected chi connectivity index (χ1v) is 6.26. The molecule has 3 heteroatoms. The molecule has 0 amide bonds. The lowest BCUT2D eigenvalue weighted by molar-refractivity contribution is 0.329. The first kappa shape index (κ1) is 11.1. The molecule has 92 valence electrons. The lowest BCUT2D eigenvalue weighted by Crippen LogP contribution is -2.09. The summed E-state index contributed by atoms with van der Waals surface area (Å²) in [6.07, 6.45) is 8.81. The maximum Gasteiger partial charge on any atom is 0.219 e. The van der Waals surface area contributed by atoms with Gasteiger partial charge in [0.25, 0.3) is 0 Å². The van der Waals surface area contributed by atoms with Gasteiger partial charge in [0.05, 0.1) is 5.56 Å². The SMILES string of the molecule is Nc1ccccc1C1=N[C@@H](C2=CCCC=C2)CO1. The normalized spacial score (nSPS) is 22.3. The van der Waals surface area contributed by atoms with E-state index in [4.69, 9.17) is 10.5 Å². The molecular weight excluding hydrogens is 224 g/mol. The molecule has 0 unspecified atom stereocenters. The van der Waals surface area contributed by atoms with Crippen LogP contribution in [0.2, 0.25) is 0 Å². The Bertz CT molecular complexity index is 543. The molecule has 2 aliphatic rings. The summed E-state index contributed by atoms with van der Waals surface area (Å²) in [7, 11) is 0. The van der Waals surface area contributed by atoms with E-state index in [1.807, 2.05) is 24.3 Å². The number of nitrogen functional groups attached to an aromatic ring is 1. The number of allylic oxidation sites excluding steroid dienone is 2. The van der Waals surface area contributed by atoms with Gasteiger partial charge in [-0.05, 0) is 30.5 Å². The number of nitrogens with two attached hydrogens (primary N) is 1. The van der Waals surface area contributed by atoms with E-state index in [0.29, 0.717) is 18.2 Å². The second-order valence-electron chi connectivity index (χ2n) is 4.53. The van der Waals surface area contributed by atoms with Crippen LogP contribution in [0.4, 0.5) is 5.69 Å². The third-order valence-corrected chi connectivity index (χ3v) is 3.25. The van der Waals surface area contributed by atoms with Crippen LogP contribution in [0.5, 0.6) is 0 Å². The molecule has 0 saturated heterocycles. The Labute approximate surface area is 107 Å². The van der Waals surface area contributed by atoms with E-state index in [9.17, 15) is 0 Å². The topological polar surface area (TPSA) is 47.6 Å². The van der Waals surface area contributed by atoms with Crippen molar-refractivity contribution >= 4 is 11.6 Å². The average Bonchev–Trinajstić information content (AvgIpc) is 2.90. The van der Waals surface area contributed by atoms with Gasteiger partial charge in [-0.15, -0.1) is 0 Å². The van der Waals surface area contributed by atoms with Crippen LogP contribution in [0.1, 0.15) is 18.4 Å². The maximum atomic E-state index is 5.93. The molecular formula is C15H16N2O. The number of anilines is 1. The number of hydrogen-bond acceptors (Lipinski definition) is 3. The lowest BCUT2D eigenvalue weighted by atomic mass is 10.0. The van der Waals surface area contributed by atoms with Crippen molar-refractivity contribution in [2.24, 2.45) is 4.99 Å². The zero-order chi connectivity index (χ0) is 12.4. The monoisotopic (exact) mass is 240 g/mol. The summed E-state index contributed by atoms with van der Waals surface area (Å²) < 4.78 is 5.68. The fraction of sp³-hybridized carbons (Fsp3) is 0.267. The molecule has 3 rings (SSSR count). The number of hydrogen-bond donors (Lipinski definition) is 1. The summed E-state index contributed by atoms with van der Waals surface area (Å²) in [5.41, 5.74) is 8.79. The minimum Gasteiger partial charge on any atom is -0.475 e. The molecule has 1 heterocycles. The highest BCUT2D eigenvalue weighted by molar-refractivity contribution is 6.00. The summed E-state index contributed by atoms with van der Waals surface area (Å²) in [6, 6.07) is 7.80. The van der Waals surface area contributed by atoms with E-state index < -0.39 is 0 Å². The lowest BCUT2D eigenvalue weighted by Gasteiger charge is -2.09. The summed E-state index contributed by atoms with van der Waals surface area (Å²) >= 11 is 0. The number of benzene rings is 1. The molecule has 1 aliphatic heterocycles. The Kier molecular flexibility index (Phi) is 2.89. The van der Waals surface area contributed by atoms with Gasteiger partial charge in [0.2, 0.25) is 5.90 Å². The standard InChI is InChI=1S/C15H16N2O/c16-13-9-5-4-8-12(13)15-17-14(10-18-15)11-6-2-1-3-7-11/h2,4-9,14H,1,3,10,16H2/t14-/m1/s1. The van der Waals surface area contributed by atoms with E-state index in [0.717, 1.165) is 18.4 Å². The van der Waals surface area contributed by atoms with Crippen molar-refractivity contribution in [2.75, 3.05) is 12.3 Å². The van der Waals surface area contributed by atoms with Crippen molar-refractivity contribution in [3.63, 3.8) is 0 Å². The number of para-hydroxylation sites is 1. The van der Waals surface area contributed by atoms with E-state index in [-0.39, 0.29) is 6.04 Å². The van der Waals surface area contributed by atoms with Crippen molar-refractivity contribution in [1.29, 1.82) is 0 Å². The van der Waals surface area contributed by atoms with Gasteiger partial charge in [-0.1, -0.05) is 30.4 Å². The van der Waals surface area contributed by atoms with Gasteiger partial charge >= 0.3 is 0 Å². The van der Waals surface area contributed by atoms with Crippen molar-refractivity contribution in [3.05, 3.63) is 53.6 Å². The van der Waals surface area contributed by atoms with Gasteiger partial charge in [-0.2, -0.15) is 0 Å². The van der Waals surface area contributed by atoms with E-state index in [1.54, 1.807) is 0 Å². The van der Waals surface area contributed by atoms with Crippen molar-refractivity contribution in [1.82, 2.24) is 0 Å². The summed E-state index contributed by atoms with van der Waals surface area (Å²) in [5, 5.41) is 0. The minimum atomic E-state index is 0.121. The smallest absolute Gasteiger partial charge is 0.219 e. The Balaban J connectivity index is 1.86. The van der Waals surface area contributed by atoms with Gasteiger partial charge in [-0.3, -0.25) is 0 Å². The molecule has 0 saturated carbocycles. The maximum absolute atomic E-state index is 5.93. The molecule has 1 aromatic carbocycles. The van der Waals surface area contributed by atoms with E-state index in [2.05, 4.69) is 23.2 Å². The fourth-order valence-corrected chi connectivity index (χ4v) is 2.26. The number of ether oxygens (including phenoxy) is 1. The summed E-state index contributed by atoms with van der Waals surface area (Å²) in [4.78, 5) is 4.64. The molecule has 0 spiro atoms. The molecule has 1 aromatic rings. The van der Waals surface area contributed by atoms with Gasteiger partial charge in [0, 0.05) is 5.69 Å². The Morgan fingerprint density at radius 1 is 1.22 bits per heavy atom. The summed E-state index contributed by atoms with van der Waals surface area (Å²) in [6.45, 7) is 0.611. The van der Waals surface area contributed by atoms with Crippen LogP contribution in [0.3, 0.4) is 0 Å². The molecule has 18 heavy (non-hydrogen) atoms. The van der Waals surface area contributed by atoms with Gasteiger partial charge in [-0.25, -0.2) is 4.99 Å². The molecule has 0 fully saturated rings. The van der Waals surface area contributed by atoms with Crippen molar-refractivity contribution < 1.29 is 4.74 Å². The predicted molar refractivity (Wildman–Crippen MR) is 73.6 cm³/mol. The van der Waals surface area contributed by atoms with Crippen LogP contribution >= 0.6 is 0 Å². The molecule has 0 bridgehead atoms. The predicted octanol–water partition coefficient (Wildman–Crippen LogP) is 2.69. The molecule has 3 nitrogen and oxygen atoms in total. The zero-order valence-corrected chi connectivity index (χ0v) is 10.2. The van der Waals surface area contributed by atoms with Crippen LogP contribution in [0.15, 0.2) is 53.1 Å². The second kappa shape index (κ2) is 4.69. The van der Waals surface area contributed by atoms with Crippen LogP contribution < -0.4 is 5.73 Å². The van der Waals surface area contributed by atoms with Gasteiger partial charge in [0.1, 0.15) is 12.6 Å². The Morgan fingerprint density at radius 3 is 2.89 bits per heavy atom. The third-order valence-electron chi connectivity index (χ3n) is 3.25. The van der Waals surface area contributed by atoms with E-state index in [1.165, 1.54) is 5.57 Å². The Morgan fingerprint density at radius 2 is 2.11 bits per heavy atom. The van der Waals surface area contributed by atoms with Crippen molar-refractivity contribution in [3.8, 4) is 0 Å². The molecule has 0 aromatic heterocycles. The highest BCUT2D eigenvalue weighted by Gasteiger charge is 2.23. The van der Waals surface area contributed by atoms with Crippen LogP contribution in [-0.2, 0) is 4.74 Å². The molecule has 2 N–H and O–H groups in total. The molecule has 1 atom stereocenters. The van der Waals surface area contributed by atoms with Gasteiger partial charge in [0.15, 0.2) is 0 Å². The molecule has 0 radical (unpaired) electrons. The van der Waals surface area contributed by atoms with Gasteiger partial charge < -0.3 is 10.5 Å². The average molecular weight is 240 g/mol.